The summed E-state index contributed by atoms with van der Waals surface area (Å²) in [5.41, 5.74) is 10.7. The van der Waals surface area contributed by atoms with Gasteiger partial charge in [0, 0.05) is 43.1 Å². The molecule has 1 atom stereocenters. The summed E-state index contributed by atoms with van der Waals surface area (Å²) >= 11 is 6.00. The fourth-order valence-corrected chi connectivity index (χ4v) is 4.81. The van der Waals surface area contributed by atoms with E-state index in [1.165, 1.54) is 6.20 Å². The number of nitrogens with zero attached hydrogens (tertiary/aromatic N) is 3. The molecule has 2 heterocycles. The van der Waals surface area contributed by atoms with Crippen molar-refractivity contribution in [2.24, 2.45) is 0 Å². The molecule has 1 unspecified atom stereocenters. The number of carbonyl (C=O) groups is 2. The fourth-order valence-electron chi connectivity index (χ4n) is 4.68. The molecule has 1 saturated heterocycles. The van der Waals surface area contributed by atoms with Gasteiger partial charge in [0.05, 0.1) is 22.6 Å². The average Bonchev–Trinajstić information content (AvgIpc) is 2.97. The Kier molecular flexibility index (Phi) is 8.40. The number of amides is 2. The van der Waals surface area contributed by atoms with Crippen molar-refractivity contribution in [3.05, 3.63) is 107 Å². The summed E-state index contributed by atoms with van der Waals surface area (Å²) in [6.45, 7) is 3.12. The van der Waals surface area contributed by atoms with Gasteiger partial charge >= 0.3 is 0 Å². The van der Waals surface area contributed by atoms with Crippen LogP contribution in [0.3, 0.4) is 0 Å². The van der Waals surface area contributed by atoms with Crippen molar-refractivity contribution in [3.63, 3.8) is 0 Å². The van der Waals surface area contributed by atoms with Gasteiger partial charge in [-0.15, -0.1) is 0 Å². The van der Waals surface area contributed by atoms with Gasteiger partial charge in [-0.3, -0.25) is 19.5 Å². The Labute approximate surface area is 238 Å². The molecule has 0 spiro atoms. The second-order valence-electron chi connectivity index (χ2n) is 9.83. The molecule has 9 heteroatoms. The first kappa shape index (κ1) is 27.3. The van der Waals surface area contributed by atoms with Crippen molar-refractivity contribution >= 4 is 40.5 Å². The number of nitrogen functional groups attached to an aromatic ring is 1. The second-order valence-corrected chi connectivity index (χ2v) is 10.3. The number of pyridine rings is 1. The Morgan fingerprint density at radius 2 is 1.60 bits per heavy atom. The summed E-state index contributed by atoms with van der Waals surface area (Å²) in [5.74, 6) is -0.528. The van der Waals surface area contributed by atoms with Crippen LogP contribution in [0.2, 0.25) is 5.02 Å². The molecular formula is C31H31ClN6O2. The number of benzene rings is 3. The summed E-state index contributed by atoms with van der Waals surface area (Å²) in [7, 11) is 2.06. The molecule has 1 aliphatic rings. The van der Waals surface area contributed by atoms with E-state index in [1.54, 1.807) is 42.5 Å². The second kappa shape index (κ2) is 12.3. The van der Waals surface area contributed by atoms with Crippen LogP contribution in [0.5, 0.6) is 0 Å². The van der Waals surface area contributed by atoms with Crippen molar-refractivity contribution in [2.45, 2.75) is 6.04 Å². The molecule has 1 aromatic heterocycles. The molecule has 3 aromatic carbocycles. The minimum absolute atomic E-state index is 0.193. The summed E-state index contributed by atoms with van der Waals surface area (Å²) in [5, 5.41) is 6.48. The first-order valence-electron chi connectivity index (χ1n) is 13.1. The molecule has 0 bridgehead atoms. The fraction of sp³-hybridized carbons (Fsp3) is 0.194. The topological polar surface area (TPSA) is 104 Å². The summed E-state index contributed by atoms with van der Waals surface area (Å²) < 4.78 is 0. The third-order valence-electron chi connectivity index (χ3n) is 7.00. The van der Waals surface area contributed by atoms with E-state index in [-0.39, 0.29) is 11.8 Å². The molecule has 1 fully saturated rings. The monoisotopic (exact) mass is 554 g/mol. The average molecular weight is 555 g/mol. The number of aromatic nitrogens is 1. The first-order valence-corrected chi connectivity index (χ1v) is 13.5. The first-order chi connectivity index (χ1) is 19.4. The molecule has 5 rings (SSSR count). The van der Waals surface area contributed by atoms with Crippen LogP contribution in [0.25, 0.3) is 11.1 Å². The van der Waals surface area contributed by atoms with Gasteiger partial charge in [-0.1, -0.05) is 48.0 Å². The molecule has 4 N–H and O–H groups in total. The van der Waals surface area contributed by atoms with Crippen molar-refractivity contribution in [1.29, 1.82) is 0 Å². The molecule has 0 radical (unpaired) electrons. The van der Waals surface area contributed by atoms with Gasteiger partial charge in [0.1, 0.15) is 6.04 Å². The van der Waals surface area contributed by atoms with Crippen LogP contribution in [0.1, 0.15) is 22.1 Å². The highest BCUT2D eigenvalue weighted by Gasteiger charge is 2.31. The lowest BCUT2D eigenvalue weighted by atomic mass is 10.0. The highest BCUT2D eigenvalue weighted by Crippen LogP contribution is 2.28. The van der Waals surface area contributed by atoms with Gasteiger partial charge in [0.15, 0.2) is 0 Å². The van der Waals surface area contributed by atoms with E-state index in [1.807, 2.05) is 42.5 Å². The number of nitrogens with one attached hydrogen (secondary N) is 2. The number of piperazine rings is 1. The van der Waals surface area contributed by atoms with Crippen LogP contribution < -0.4 is 16.4 Å². The van der Waals surface area contributed by atoms with Crippen molar-refractivity contribution in [2.75, 3.05) is 49.6 Å². The van der Waals surface area contributed by atoms with Crippen LogP contribution in [0.4, 0.5) is 17.1 Å². The van der Waals surface area contributed by atoms with Crippen LogP contribution in [0.15, 0.2) is 91.1 Å². The largest absolute Gasteiger partial charge is 0.397 e. The van der Waals surface area contributed by atoms with E-state index in [9.17, 15) is 9.59 Å². The maximum atomic E-state index is 13.5. The lowest BCUT2D eigenvalue weighted by Crippen LogP contribution is -2.49. The van der Waals surface area contributed by atoms with Gasteiger partial charge in [-0.25, -0.2) is 0 Å². The Hall–Kier alpha value is -4.24. The van der Waals surface area contributed by atoms with Crippen molar-refractivity contribution < 1.29 is 9.59 Å². The minimum Gasteiger partial charge on any atom is -0.397 e. The van der Waals surface area contributed by atoms with E-state index < -0.39 is 6.04 Å². The predicted octanol–water partition coefficient (Wildman–Crippen LogP) is 5.16. The van der Waals surface area contributed by atoms with Gasteiger partial charge < -0.3 is 21.3 Å². The molecular weight excluding hydrogens is 524 g/mol. The molecule has 4 aromatic rings. The number of hydrogen-bond acceptors (Lipinski definition) is 6. The molecule has 204 valence electrons. The lowest BCUT2D eigenvalue weighted by molar-refractivity contribution is -0.122. The Bertz CT molecular complexity index is 1470. The van der Waals surface area contributed by atoms with Crippen LogP contribution in [-0.2, 0) is 4.79 Å². The smallest absolute Gasteiger partial charge is 0.257 e. The maximum absolute atomic E-state index is 13.5. The highest BCUT2D eigenvalue weighted by atomic mass is 35.5. The molecule has 1 aliphatic heterocycles. The van der Waals surface area contributed by atoms with Crippen LogP contribution >= 0.6 is 11.6 Å². The minimum atomic E-state index is -0.611. The number of hydrogen-bond donors (Lipinski definition) is 3. The summed E-state index contributed by atoms with van der Waals surface area (Å²) in [6, 6.07) is 25.2. The summed E-state index contributed by atoms with van der Waals surface area (Å²) in [4.78, 5) is 35.5. The Morgan fingerprint density at radius 3 is 2.27 bits per heavy atom. The van der Waals surface area contributed by atoms with Gasteiger partial charge in [-0.05, 0) is 66.7 Å². The van der Waals surface area contributed by atoms with Gasteiger partial charge in [0.2, 0.25) is 5.91 Å². The van der Waals surface area contributed by atoms with Gasteiger partial charge in [-0.2, -0.15) is 0 Å². The number of carbonyl (C=O) groups excluding carboxylic acids is 2. The summed E-state index contributed by atoms with van der Waals surface area (Å²) in [6.07, 6.45) is 1.50. The van der Waals surface area contributed by atoms with E-state index in [2.05, 4.69) is 32.5 Å². The molecule has 40 heavy (non-hydrogen) atoms. The van der Waals surface area contributed by atoms with Crippen LogP contribution in [-0.4, -0.2) is 59.8 Å². The van der Waals surface area contributed by atoms with E-state index in [0.717, 1.165) is 37.3 Å². The maximum Gasteiger partial charge on any atom is 0.257 e. The standard InChI is InChI=1S/C31H31ClN6O2/c1-37-15-17-38(18-16-37)29(31(40)35-25-11-9-24(32)10-12-25)27-14-8-23(20-34-27)30(39)36-28-19-22(7-13-26(28)33)21-5-3-2-4-6-21/h2-14,19-20,29H,15-18,33H2,1H3,(H,35,40)(H,36,39). The normalized spacial score (nSPS) is 14.8. The quantitative estimate of drug-likeness (QED) is 0.273. The molecule has 0 aliphatic carbocycles. The van der Waals surface area contributed by atoms with Crippen LogP contribution in [0, 0.1) is 0 Å². The predicted molar refractivity (Wildman–Crippen MR) is 160 cm³/mol. The molecule has 0 saturated carbocycles. The van der Waals surface area contributed by atoms with Gasteiger partial charge in [0.25, 0.3) is 5.91 Å². The number of rotatable bonds is 7. The van der Waals surface area contributed by atoms with Crippen molar-refractivity contribution in [3.8, 4) is 11.1 Å². The SMILES string of the molecule is CN1CCN(C(C(=O)Nc2ccc(Cl)cc2)c2ccc(C(=O)Nc3cc(-c4ccccc4)ccc3N)cn2)CC1. The van der Waals surface area contributed by atoms with E-state index >= 15 is 0 Å². The zero-order chi connectivity index (χ0) is 28.1. The highest BCUT2D eigenvalue weighted by molar-refractivity contribution is 6.30. The van der Waals surface area contributed by atoms with Crippen molar-refractivity contribution in [1.82, 2.24) is 14.8 Å². The zero-order valence-electron chi connectivity index (χ0n) is 22.2. The third kappa shape index (κ3) is 6.48. The van der Waals surface area contributed by atoms with E-state index in [0.29, 0.717) is 33.3 Å². The zero-order valence-corrected chi connectivity index (χ0v) is 22.9. The lowest BCUT2D eigenvalue weighted by Gasteiger charge is -2.36. The Morgan fingerprint density at radius 1 is 0.875 bits per heavy atom. The Balaban J connectivity index is 1.35. The van der Waals surface area contributed by atoms with E-state index in [4.69, 9.17) is 17.3 Å². The molecule has 8 nitrogen and oxygen atoms in total. The number of halogens is 1. The number of likely N-dealkylation sites (N-methyl/N-ethyl adjacent to an activating group) is 1. The number of anilines is 3. The number of nitrogens with two attached hydrogens (primary N) is 1. The molecule has 2 amide bonds. The third-order valence-corrected chi connectivity index (χ3v) is 7.25.